The van der Waals surface area contributed by atoms with Gasteiger partial charge in [-0.3, -0.25) is 4.79 Å². The Morgan fingerprint density at radius 1 is 1.44 bits per heavy atom. The van der Waals surface area contributed by atoms with E-state index < -0.39 is 12.0 Å². The Labute approximate surface area is 108 Å². The van der Waals surface area contributed by atoms with Gasteiger partial charge in [-0.1, -0.05) is 11.6 Å². The Morgan fingerprint density at radius 3 is 2.67 bits per heavy atom. The smallest absolute Gasteiger partial charge is 0.326 e. The van der Waals surface area contributed by atoms with Crippen molar-refractivity contribution in [1.82, 2.24) is 4.90 Å². The largest absolute Gasteiger partial charge is 0.480 e. The molecule has 0 aliphatic heterocycles. The van der Waals surface area contributed by atoms with Crippen LogP contribution in [0.2, 0.25) is 0 Å². The molecule has 1 fully saturated rings. The zero-order valence-electron chi connectivity index (χ0n) is 10.9. The Bertz CT molecular complexity index is 371. The highest BCUT2D eigenvalue weighted by molar-refractivity contribution is 5.85. The monoisotopic (exact) mass is 251 g/mol. The summed E-state index contributed by atoms with van der Waals surface area (Å²) in [7, 11) is 0. The van der Waals surface area contributed by atoms with Crippen molar-refractivity contribution in [2.75, 3.05) is 0 Å². The zero-order chi connectivity index (χ0) is 13.1. The molecule has 2 aliphatic carbocycles. The minimum atomic E-state index is -0.909. The van der Waals surface area contributed by atoms with Crippen molar-refractivity contribution in [3.8, 4) is 0 Å². The molecule has 1 N–H and O–H groups in total. The van der Waals surface area contributed by atoms with Crippen molar-refractivity contribution < 1.29 is 14.7 Å². The summed E-state index contributed by atoms with van der Waals surface area (Å²) in [6.07, 6.45) is 8.86. The summed E-state index contributed by atoms with van der Waals surface area (Å²) in [5.74, 6) is -0.923. The van der Waals surface area contributed by atoms with E-state index in [9.17, 15) is 9.59 Å². The zero-order valence-corrected chi connectivity index (χ0v) is 10.9. The van der Waals surface area contributed by atoms with Gasteiger partial charge in [-0.2, -0.15) is 0 Å². The van der Waals surface area contributed by atoms with Gasteiger partial charge in [-0.15, -0.1) is 0 Å². The van der Waals surface area contributed by atoms with Crippen molar-refractivity contribution >= 4 is 11.9 Å². The van der Waals surface area contributed by atoms with Crippen LogP contribution in [0.5, 0.6) is 0 Å². The van der Waals surface area contributed by atoms with Crippen molar-refractivity contribution in [3.63, 3.8) is 0 Å². The standard InChI is InChI=1S/C14H21NO3/c1-10(14(17)18)15(12-7-8-12)13(16)9-11-5-3-2-4-6-11/h5,10,12H,2-4,6-9H2,1H3,(H,17,18). The Balaban J connectivity index is 1.99. The van der Waals surface area contributed by atoms with E-state index in [4.69, 9.17) is 5.11 Å². The van der Waals surface area contributed by atoms with Gasteiger partial charge in [0.25, 0.3) is 0 Å². The first-order valence-corrected chi connectivity index (χ1v) is 6.81. The number of carboxylic acid groups (broad SMARTS) is 1. The average Bonchev–Trinajstić information content (AvgIpc) is 3.14. The van der Waals surface area contributed by atoms with E-state index in [-0.39, 0.29) is 11.9 Å². The number of hydrogen-bond acceptors (Lipinski definition) is 2. The number of carboxylic acids is 1. The fourth-order valence-corrected chi connectivity index (χ4v) is 2.56. The van der Waals surface area contributed by atoms with Crippen LogP contribution in [0.1, 0.15) is 51.9 Å². The van der Waals surface area contributed by atoms with Gasteiger partial charge in [0, 0.05) is 12.5 Å². The second-order valence-corrected chi connectivity index (χ2v) is 5.33. The van der Waals surface area contributed by atoms with Crippen LogP contribution in [-0.4, -0.2) is 34.0 Å². The second kappa shape index (κ2) is 5.55. The van der Waals surface area contributed by atoms with Gasteiger partial charge in [-0.05, 0) is 45.4 Å². The molecule has 0 aromatic heterocycles. The number of amides is 1. The topological polar surface area (TPSA) is 57.6 Å². The van der Waals surface area contributed by atoms with Crippen molar-refractivity contribution in [3.05, 3.63) is 11.6 Å². The molecule has 0 saturated heterocycles. The highest BCUT2D eigenvalue weighted by atomic mass is 16.4. The molecule has 18 heavy (non-hydrogen) atoms. The minimum Gasteiger partial charge on any atom is -0.480 e. The summed E-state index contributed by atoms with van der Waals surface area (Å²) >= 11 is 0. The van der Waals surface area contributed by atoms with Crippen molar-refractivity contribution in [2.24, 2.45) is 0 Å². The lowest BCUT2D eigenvalue weighted by molar-refractivity contribution is -0.149. The Hall–Kier alpha value is -1.32. The fourth-order valence-electron chi connectivity index (χ4n) is 2.56. The molecule has 0 spiro atoms. The van der Waals surface area contributed by atoms with Crippen molar-refractivity contribution in [1.29, 1.82) is 0 Å². The number of aliphatic carboxylic acids is 1. The SMILES string of the molecule is CC(C(=O)O)N(C(=O)CC1=CCCCC1)C1CC1. The van der Waals surface area contributed by atoms with Crippen LogP contribution in [0.15, 0.2) is 11.6 Å². The van der Waals surface area contributed by atoms with Gasteiger partial charge in [0.15, 0.2) is 0 Å². The van der Waals surface area contributed by atoms with Crippen LogP contribution in [0.25, 0.3) is 0 Å². The van der Waals surface area contributed by atoms with Crippen LogP contribution in [-0.2, 0) is 9.59 Å². The molecule has 2 rings (SSSR count). The summed E-state index contributed by atoms with van der Waals surface area (Å²) in [6, 6.07) is -0.540. The van der Waals surface area contributed by atoms with Gasteiger partial charge in [0.05, 0.1) is 0 Å². The molecule has 0 aromatic rings. The maximum absolute atomic E-state index is 12.3. The lowest BCUT2D eigenvalue weighted by Crippen LogP contribution is -2.44. The lowest BCUT2D eigenvalue weighted by Gasteiger charge is -2.27. The average molecular weight is 251 g/mol. The molecular formula is C14H21NO3. The van der Waals surface area contributed by atoms with E-state index in [1.54, 1.807) is 11.8 Å². The molecule has 4 nitrogen and oxygen atoms in total. The van der Waals surface area contributed by atoms with E-state index in [1.165, 1.54) is 12.0 Å². The normalized spacial score (nSPS) is 21.1. The minimum absolute atomic E-state index is 0.0134. The maximum atomic E-state index is 12.3. The first-order valence-electron chi connectivity index (χ1n) is 6.81. The molecule has 0 heterocycles. The molecule has 4 heteroatoms. The summed E-state index contributed by atoms with van der Waals surface area (Å²) in [5.41, 5.74) is 1.19. The van der Waals surface area contributed by atoms with Crippen LogP contribution < -0.4 is 0 Å². The number of allylic oxidation sites excluding steroid dienone is 1. The molecule has 0 bridgehead atoms. The summed E-state index contributed by atoms with van der Waals surface area (Å²) in [5, 5.41) is 9.08. The Kier molecular flexibility index (Phi) is 4.04. The van der Waals surface area contributed by atoms with Gasteiger partial charge >= 0.3 is 5.97 Å². The fraction of sp³-hybridized carbons (Fsp3) is 0.714. The van der Waals surface area contributed by atoms with Gasteiger partial charge in [0.1, 0.15) is 6.04 Å². The molecule has 0 aromatic carbocycles. The summed E-state index contributed by atoms with van der Waals surface area (Å²) in [6.45, 7) is 1.60. The van der Waals surface area contributed by atoms with E-state index in [2.05, 4.69) is 6.08 Å². The quantitative estimate of drug-likeness (QED) is 0.763. The predicted molar refractivity (Wildman–Crippen MR) is 68.1 cm³/mol. The first-order chi connectivity index (χ1) is 8.59. The van der Waals surface area contributed by atoms with E-state index in [1.807, 2.05) is 0 Å². The van der Waals surface area contributed by atoms with Crippen LogP contribution in [0.4, 0.5) is 0 Å². The summed E-state index contributed by atoms with van der Waals surface area (Å²) < 4.78 is 0. The molecule has 1 saturated carbocycles. The first kappa shape index (κ1) is 13.1. The number of carbonyl (C=O) groups is 2. The molecule has 100 valence electrons. The van der Waals surface area contributed by atoms with Crippen LogP contribution >= 0.6 is 0 Å². The third-order valence-corrected chi connectivity index (χ3v) is 3.77. The van der Waals surface area contributed by atoms with Gasteiger partial charge in [0.2, 0.25) is 5.91 Å². The van der Waals surface area contributed by atoms with Crippen molar-refractivity contribution in [2.45, 2.75) is 64.0 Å². The number of carbonyl (C=O) groups excluding carboxylic acids is 1. The van der Waals surface area contributed by atoms with E-state index in [0.29, 0.717) is 6.42 Å². The number of hydrogen-bond donors (Lipinski definition) is 1. The van der Waals surface area contributed by atoms with E-state index in [0.717, 1.165) is 32.1 Å². The third-order valence-electron chi connectivity index (χ3n) is 3.77. The van der Waals surface area contributed by atoms with Crippen LogP contribution in [0.3, 0.4) is 0 Å². The second-order valence-electron chi connectivity index (χ2n) is 5.33. The number of nitrogens with zero attached hydrogens (tertiary/aromatic N) is 1. The lowest BCUT2D eigenvalue weighted by atomic mass is 9.96. The number of rotatable bonds is 5. The molecule has 0 radical (unpaired) electrons. The third kappa shape index (κ3) is 3.12. The molecule has 1 unspecified atom stereocenters. The maximum Gasteiger partial charge on any atom is 0.326 e. The molecule has 1 amide bonds. The van der Waals surface area contributed by atoms with Gasteiger partial charge < -0.3 is 10.0 Å². The highest BCUT2D eigenvalue weighted by Gasteiger charge is 2.38. The van der Waals surface area contributed by atoms with Gasteiger partial charge in [-0.25, -0.2) is 4.79 Å². The van der Waals surface area contributed by atoms with Crippen LogP contribution in [0, 0.1) is 0 Å². The molecule has 1 atom stereocenters. The molecular weight excluding hydrogens is 230 g/mol. The van der Waals surface area contributed by atoms with E-state index >= 15 is 0 Å². The predicted octanol–water partition coefficient (Wildman–Crippen LogP) is 2.34. The Morgan fingerprint density at radius 2 is 2.17 bits per heavy atom. The summed E-state index contributed by atoms with van der Waals surface area (Å²) in [4.78, 5) is 24.9. The molecule has 2 aliphatic rings. The highest BCUT2D eigenvalue weighted by Crippen LogP contribution is 2.31.